The molecule has 1 amide bonds. The van der Waals surface area contributed by atoms with Gasteiger partial charge in [-0.2, -0.15) is 13.9 Å². The zero-order chi connectivity index (χ0) is 18.7. The van der Waals surface area contributed by atoms with E-state index in [9.17, 15) is 13.6 Å². The third-order valence-corrected chi connectivity index (χ3v) is 3.84. The van der Waals surface area contributed by atoms with E-state index in [1.807, 2.05) is 31.2 Å². The van der Waals surface area contributed by atoms with Crippen molar-refractivity contribution in [3.8, 4) is 17.0 Å². The van der Waals surface area contributed by atoms with Crippen LogP contribution in [-0.2, 0) is 0 Å². The first-order chi connectivity index (χ1) is 12.4. The quantitative estimate of drug-likeness (QED) is 0.704. The van der Waals surface area contributed by atoms with Crippen LogP contribution in [0.2, 0.25) is 0 Å². The number of H-pyrrole nitrogens is 1. The summed E-state index contributed by atoms with van der Waals surface area (Å²) in [5.41, 5.74) is 4.10. The van der Waals surface area contributed by atoms with Gasteiger partial charge in [0.05, 0.1) is 5.69 Å². The van der Waals surface area contributed by atoms with Crippen molar-refractivity contribution >= 4 is 11.6 Å². The summed E-state index contributed by atoms with van der Waals surface area (Å²) < 4.78 is 28.8. The number of aromatic nitrogens is 2. The van der Waals surface area contributed by atoms with Crippen molar-refractivity contribution in [3.63, 3.8) is 0 Å². The van der Waals surface area contributed by atoms with Crippen LogP contribution in [0.4, 0.5) is 14.5 Å². The molecule has 0 unspecified atom stereocenters. The highest BCUT2D eigenvalue weighted by atomic mass is 19.3. The van der Waals surface area contributed by atoms with E-state index in [0.29, 0.717) is 22.6 Å². The lowest BCUT2D eigenvalue weighted by atomic mass is 10.1. The van der Waals surface area contributed by atoms with Crippen LogP contribution >= 0.6 is 0 Å². The van der Waals surface area contributed by atoms with Crippen molar-refractivity contribution in [2.75, 3.05) is 5.32 Å². The van der Waals surface area contributed by atoms with E-state index < -0.39 is 6.61 Å². The molecule has 7 heteroatoms. The number of nitrogens with one attached hydrogen (secondary N) is 2. The molecule has 0 saturated carbocycles. The molecule has 2 N–H and O–H groups in total. The van der Waals surface area contributed by atoms with E-state index in [1.54, 1.807) is 13.0 Å². The Morgan fingerprint density at radius 1 is 1.12 bits per heavy atom. The molecular formula is C19H17F2N3O2. The number of ether oxygens (including phenoxy) is 1. The molecule has 0 spiro atoms. The van der Waals surface area contributed by atoms with Crippen molar-refractivity contribution in [3.05, 3.63) is 65.4 Å². The second kappa shape index (κ2) is 7.35. The Bertz CT molecular complexity index is 921. The van der Waals surface area contributed by atoms with Crippen LogP contribution < -0.4 is 10.1 Å². The number of anilines is 1. The van der Waals surface area contributed by atoms with Gasteiger partial charge in [0.2, 0.25) is 0 Å². The number of halogens is 2. The van der Waals surface area contributed by atoms with Gasteiger partial charge in [0.25, 0.3) is 5.91 Å². The molecule has 5 nitrogen and oxygen atoms in total. The number of aryl methyl sites for hydroxylation is 2. The number of aromatic amines is 1. The van der Waals surface area contributed by atoms with Gasteiger partial charge in [-0.05, 0) is 43.7 Å². The highest BCUT2D eigenvalue weighted by Crippen LogP contribution is 2.24. The molecule has 2 aromatic carbocycles. The van der Waals surface area contributed by atoms with Gasteiger partial charge in [0, 0.05) is 11.3 Å². The van der Waals surface area contributed by atoms with Gasteiger partial charge >= 0.3 is 6.61 Å². The van der Waals surface area contributed by atoms with Crippen LogP contribution in [0.3, 0.4) is 0 Å². The molecule has 26 heavy (non-hydrogen) atoms. The zero-order valence-electron chi connectivity index (χ0n) is 14.2. The summed E-state index contributed by atoms with van der Waals surface area (Å²) in [5.74, 6) is -0.333. The third kappa shape index (κ3) is 4.05. The summed E-state index contributed by atoms with van der Waals surface area (Å²) in [6.45, 7) is 0.797. The summed E-state index contributed by atoms with van der Waals surface area (Å²) in [6.07, 6.45) is 0. The Balaban J connectivity index is 1.73. The highest BCUT2D eigenvalue weighted by molar-refractivity contribution is 6.03. The minimum absolute atomic E-state index is 0.0405. The Morgan fingerprint density at radius 3 is 2.50 bits per heavy atom. The normalized spacial score (nSPS) is 10.8. The Hall–Kier alpha value is -3.22. The van der Waals surface area contributed by atoms with Crippen LogP contribution in [0.25, 0.3) is 11.3 Å². The molecular weight excluding hydrogens is 340 g/mol. The van der Waals surface area contributed by atoms with Gasteiger partial charge in [-0.1, -0.05) is 29.8 Å². The molecule has 0 atom stereocenters. The molecule has 3 rings (SSSR count). The molecule has 0 fully saturated rings. The molecule has 0 saturated heterocycles. The molecule has 1 aromatic heterocycles. The van der Waals surface area contributed by atoms with E-state index in [1.165, 1.54) is 18.2 Å². The fourth-order valence-corrected chi connectivity index (χ4v) is 2.45. The number of benzene rings is 2. The van der Waals surface area contributed by atoms with E-state index >= 15 is 0 Å². The van der Waals surface area contributed by atoms with Crippen molar-refractivity contribution in [1.29, 1.82) is 0 Å². The van der Waals surface area contributed by atoms with E-state index in [4.69, 9.17) is 0 Å². The van der Waals surface area contributed by atoms with Crippen molar-refractivity contribution in [2.45, 2.75) is 20.5 Å². The van der Waals surface area contributed by atoms with Gasteiger partial charge in [0.15, 0.2) is 0 Å². The molecule has 3 aromatic rings. The fraction of sp³-hybridized carbons (Fsp3) is 0.158. The number of carbonyl (C=O) groups excluding carboxylic acids is 1. The molecule has 134 valence electrons. The van der Waals surface area contributed by atoms with Crippen LogP contribution in [-0.4, -0.2) is 22.7 Å². The first kappa shape index (κ1) is 17.6. The van der Waals surface area contributed by atoms with E-state index in [-0.39, 0.29) is 11.7 Å². The van der Waals surface area contributed by atoms with E-state index in [2.05, 4.69) is 20.3 Å². The fourth-order valence-electron chi connectivity index (χ4n) is 2.45. The lowest BCUT2D eigenvalue weighted by Gasteiger charge is -2.10. The SMILES string of the molecule is Cc1ccc(-c2cc(C(=O)Nc3ccc(OC(F)F)cc3C)[nH]n2)cc1. The smallest absolute Gasteiger partial charge is 0.387 e. The number of carbonyl (C=O) groups is 1. The monoisotopic (exact) mass is 357 g/mol. The molecule has 0 aliphatic rings. The minimum Gasteiger partial charge on any atom is -0.435 e. The van der Waals surface area contributed by atoms with Crippen LogP contribution in [0.1, 0.15) is 21.6 Å². The van der Waals surface area contributed by atoms with Crippen molar-refractivity contribution in [1.82, 2.24) is 10.2 Å². The summed E-state index contributed by atoms with van der Waals surface area (Å²) in [7, 11) is 0. The number of hydrogen-bond acceptors (Lipinski definition) is 3. The lowest BCUT2D eigenvalue weighted by Crippen LogP contribution is -2.13. The predicted molar refractivity (Wildman–Crippen MR) is 94.5 cm³/mol. The Labute approximate surface area is 149 Å². The molecule has 1 heterocycles. The summed E-state index contributed by atoms with van der Waals surface area (Å²) in [6, 6.07) is 13.8. The molecule has 0 radical (unpaired) electrons. The molecule has 0 bridgehead atoms. The predicted octanol–water partition coefficient (Wildman–Crippen LogP) is 4.55. The zero-order valence-corrected chi connectivity index (χ0v) is 14.2. The number of alkyl halides is 2. The van der Waals surface area contributed by atoms with Gasteiger partial charge in [-0.15, -0.1) is 0 Å². The second-order valence-corrected chi connectivity index (χ2v) is 5.84. The second-order valence-electron chi connectivity index (χ2n) is 5.84. The topological polar surface area (TPSA) is 67.0 Å². The highest BCUT2D eigenvalue weighted by Gasteiger charge is 2.13. The largest absolute Gasteiger partial charge is 0.435 e. The van der Waals surface area contributed by atoms with Gasteiger partial charge in [0.1, 0.15) is 11.4 Å². The lowest BCUT2D eigenvalue weighted by molar-refractivity contribution is -0.0498. The van der Waals surface area contributed by atoms with Crippen molar-refractivity contribution < 1.29 is 18.3 Å². The first-order valence-corrected chi connectivity index (χ1v) is 7.91. The summed E-state index contributed by atoms with van der Waals surface area (Å²) in [5, 5.41) is 9.60. The van der Waals surface area contributed by atoms with Crippen molar-refractivity contribution in [2.24, 2.45) is 0 Å². The van der Waals surface area contributed by atoms with E-state index in [0.717, 1.165) is 11.1 Å². The average Bonchev–Trinajstić information content (AvgIpc) is 3.07. The summed E-state index contributed by atoms with van der Waals surface area (Å²) >= 11 is 0. The van der Waals surface area contributed by atoms with Crippen LogP contribution in [0.15, 0.2) is 48.5 Å². The van der Waals surface area contributed by atoms with Crippen LogP contribution in [0.5, 0.6) is 5.75 Å². The van der Waals surface area contributed by atoms with Gasteiger partial charge in [-0.3, -0.25) is 9.89 Å². The third-order valence-electron chi connectivity index (χ3n) is 3.84. The summed E-state index contributed by atoms with van der Waals surface area (Å²) in [4.78, 5) is 12.4. The minimum atomic E-state index is -2.89. The molecule has 0 aliphatic carbocycles. The maximum Gasteiger partial charge on any atom is 0.387 e. The van der Waals surface area contributed by atoms with Gasteiger partial charge in [-0.25, -0.2) is 0 Å². The number of amides is 1. The average molecular weight is 357 g/mol. The first-order valence-electron chi connectivity index (χ1n) is 7.91. The van der Waals surface area contributed by atoms with Crippen LogP contribution in [0, 0.1) is 13.8 Å². The Morgan fingerprint density at radius 2 is 1.85 bits per heavy atom. The van der Waals surface area contributed by atoms with Gasteiger partial charge < -0.3 is 10.1 Å². The molecule has 0 aliphatic heterocycles. The standard InChI is InChI=1S/C19H17F2N3O2/c1-11-3-5-13(6-4-11)16-10-17(24-23-16)18(25)22-15-8-7-14(9-12(15)2)26-19(20)21/h3-10,19H,1-2H3,(H,22,25)(H,23,24). The maximum atomic E-state index is 12.4. The number of rotatable bonds is 5. The number of nitrogens with zero attached hydrogens (tertiary/aromatic N) is 1. The maximum absolute atomic E-state index is 12.4. The Kier molecular flexibility index (Phi) is 4.97. The number of hydrogen-bond donors (Lipinski definition) is 2.